The van der Waals surface area contributed by atoms with E-state index in [-0.39, 0.29) is 19.1 Å². The van der Waals surface area contributed by atoms with Gasteiger partial charge in [-0.1, -0.05) is 26.8 Å². The van der Waals surface area contributed by atoms with Gasteiger partial charge in [0.15, 0.2) is 0 Å². The van der Waals surface area contributed by atoms with E-state index in [0.717, 1.165) is 0 Å². The zero-order chi connectivity index (χ0) is 19.0. The molecule has 7 nitrogen and oxygen atoms in total. The van der Waals surface area contributed by atoms with E-state index in [1.807, 2.05) is 20.8 Å². The van der Waals surface area contributed by atoms with Gasteiger partial charge in [0.1, 0.15) is 5.60 Å². The van der Waals surface area contributed by atoms with Crippen molar-refractivity contribution in [3.8, 4) is 0 Å². The Bertz CT molecular complexity index is 661. The molecule has 0 bridgehead atoms. The molecular weight excluding hydrogens is 322 g/mol. The third-order valence-electron chi connectivity index (χ3n) is 4.47. The molecular formula is C18H27N3O4. The third-order valence-corrected chi connectivity index (χ3v) is 4.47. The van der Waals surface area contributed by atoms with Crippen LogP contribution < -0.4 is 5.32 Å². The molecule has 2 amide bonds. The van der Waals surface area contributed by atoms with Crippen LogP contribution in [0.5, 0.6) is 0 Å². The fraction of sp³-hybridized carbons (Fsp3) is 0.611. The molecule has 1 aromatic heterocycles. The van der Waals surface area contributed by atoms with Gasteiger partial charge >= 0.3 is 12.0 Å². The van der Waals surface area contributed by atoms with Crippen LogP contribution in [0.25, 0.3) is 0 Å². The molecule has 1 aliphatic rings. The predicted octanol–water partition coefficient (Wildman–Crippen LogP) is 1.95. The predicted molar refractivity (Wildman–Crippen MR) is 92.8 cm³/mol. The van der Waals surface area contributed by atoms with E-state index in [4.69, 9.17) is 0 Å². The largest absolute Gasteiger partial charge is 0.481 e. The summed E-state index contributed by atoms with van der Waals surface area (Å²) in [6, 6.07) is 4.51. The number of aromatic nitrogens is 1. The van der Waals surface area contributed by atoms with Crippen molar-refractivity contribution in [1.82, 2.24) is 15.2 Å². The minimum atomic E-state index is -1.09. The number of hydrogen-bond acceptors (Lipinski definition) is 4. The number of carbonyl (C=O) groups excluding carboxylic acids is 1. The lowest BCUT2D eigenvalue weighted by Crippen LogP contribution is -2.47. The van der Waals surface area contributed by atoms with E-state index in [0.29, 0.717) is 11.4 Å². The highest BCUT2D eigenvalue weighted by atomic mass is 16.4. The minimum absolute atomic E-state index is 0.195. The van der Waals surface area contributed by atoms with Gasteiger partial charge in [-0.3, -0.25) is 9.78 Å². The van der Waals surface area contributed by atoms with Crippen LogP contribution >= 0.6 is 0 Å². The summed E-state index contributed by atoms with van der Waals surface area (Å²) in [7, 11) is 0. The topological polar surface area (TPSA) is 103 Å². The Kier molecular flexibility index (Phi) is 5.09. The molecule has 0 radical (unpaired) electrons. The summed E-state index contributed by atoms with van der Waals surface area (Å²) >= 11 is 0. The highest BCUT2D eigenvalue weighted by molar-refractivity contribution is 5.80. The SMILES string of the molecule is CC(C)(O)c1cccc(CN2C(=O)NCC2[C@@H](C(=O)O)C(C)(C)C)n1. The van der Waals surface area contributed by atoms with E-state index in [1.165, 1.54) is 4.90 Å². The van der Waals surface area contributed by atoms with Crippen molar-refractivity contribution in [3.05, 3.63) is 29.6 Å². The number of urea groups is 1. The van der Waals surface area contributed by atoms with Gasteiger partial charge in [-0.25, -0.2) is 4.79 Å². The first kappa shape index (κ1) is 19.2. The Morgan fingerprint density at radius 2 is 2.00 bits per heavy atom. The summed E-state index contributed by atoms with van der Waals surface area (Å²) in [5, 5.41) is 22.5. The van der Waals surface area contributed by atoms with Gasteiger partial charge in [-0.05, 0) is 31.4 Å². The van der Waals surface area contributed by atoms with Gasteiger partial charge in [0.05, 0.1) is 29.9 Å². The molecule has 0 aromatic carbocycles. The van der Waals surface area contributed by atoms with Crippen LogP contribution in [0.15, 0.2) is 18.2 Å². The smallest absolute Gasteiger partial charge is 0.318 e. The van der Waals surface area contributed by atoms with E-state index >= 15 is 0 Å². The highest BCUT2D eigenvalue weighted by Gasteiger charge is 2.45. The Morgan fingerprint density at radius 3 is 2.52 bits per heavy atom. The Balaban J connectivity index is 2.30. The quantitative estimate of drug-likeness (QED) is 0.754. The van der Waals surface area contributed by atoms with Crippen LogP contribution in [0.3, 0.4) is 0 Å². The third kappa shape index (κ3) is 4.28. The Morgan fingerprint density at radius 1 is 1.36 bits per heavy atom. The molecule has 2 heterocycles. The van der Waals surface area contributed by atoms with Gasteiger partial charge in [0.2, 0.25) is 0 Å². The van der Waals surface area contributed by atoms with Crippen molar-refractivity contribution in [2.45, 2.75) is 52.8 Å². The maximum Gasteiger partial charge on any atom is 0.318 e. The lowest BCUT2D eigenvalue weighted by atomic mass is 9.76. The van der Waals surface area contributed by atoms with Crippen molar-refractivity contribution in [2.24, 2.45) is 11.3 Å². The summed E-state index contributed by atoms with van der Waals surface area (Å²) in [5.41, 5.74) is -0.465. The van der Waals surface area contributed by atoms with Crippen LogP contribution in [-0.2, 0) is 16.9 Å². The number of nitrogens with one attached hydrogen (secondary N) is 1. The summed E-state index contributed by atoms with van der Waals surface area (Å²) in [5.74, 6) is -1.62. The lowest BCUT2D eigenvalue weighted by molar-refractivity contribution is -0.148. The number of hydrogen-bond donors (Lipinski definition) is 3. The van der Waals surface area contributed by atoms with Crippen molar-refractivity contribution in [3.63, 3.8) is 0 Å². The molecule has 1 saturated heterocycles. The number of pyridine rings is 1. The number of carbonyl (C=O) groups is 2. The molecule has 2 rings (SSSR count). The Hall–Kier alpha value is -2.15. The minimum Gasteiger partial charge on any atom is -0.481 e. The van der Waals surface area contributed by atoms with Gasteiger partial charge in [-0.2, -0.15) is 0 Å². The zero-order valence-corrected chi connectivity index (χ0v) is 15.4. The maximum absolute atomic E-state index is 12.3. The van der Waals surface area contributed by atoms with Gasteiger partial charge in [0, 0.05) is 6.54 Å². The molecule has 3 N–H and O–H groups in total. The lowest BCUT2D eigenvalue weighted by Gasteiger charge is -2.35. The van der Waals surface area contributed by atoms with Crippen molar-refractivity contribution in [1.29, 1.82) is 0 Å². The number of carboxylic acid groups (broad SMARTS) is 1. The fourth-order valence-corrected chi connectivity index (χ4v) is 3.24. The first-order chi connectivity index (χ1) is 11.4. The van der Waals surface area contributed by atoms with Crippen molar-refractivity contribution >= 4 is 12.0 Å². The van der Waals surface area contributed by atoms with Crippen LogP contribution in [0.2, 0.25) is 0 Å². The van der Waals surface area contributed by atoms with E-state index in [2.05, 4.69) is 10.3 Å². The van der Waals surface area contributed by atoms with Gasteiger partial charge in [-0.15, -0.1) is 0 Å². The molecule has 0 spiro atoms. The van der Waals surface area contributed by atoms with Crippen molar-refractivity contribution in [2.75, 3.05) is 6.54 Å². The summed E-state index contributed by atoms with van der Waals surface area (Å²) in [6.45, 7) is 9.35. The number of amides is 2. The number of aliphatic carboxylic acids is 1. The summed E-state index contributed by atoms with van der Waals surface area (Å²) in [6.07, 6.45) is 0. The number of aliphatic hydroxyl groups is 1. The Labute approximate surface area is 148 Å². The molecule has 1 unspecified atom stereocenters. The molecule has 1 fully saturated rings. The molecule has 1 aromatic rings. The second-order valence-corrected chi connectivity index (χ2v) is 8.14. The zero-order valence-electron chi connectivity index (χ0n) is 15.4. The molecule has 0 aliphatic carbocycles. The molecule has 7 heteroatoms. The second kappa shape index (κ2) is 6.63. The molecule has 0 saturated carbocycles. The van der Waals surface area contributed by atoms with E-state index in [1.54, 1.807) is 32.0 Å². The van der Waals surface area contributed by atoms with Crippen LogP contribution in [0.4, 0.5) is 4.79 Å². The normalized spacial score (nSPS) is 19.7. The second-order valence-electron chi connectivity index (χ2n) is 8.14. The maximum atomic E-state index is 12.3. The number of rotatable bonds is 5. The molecule has 138 valence electrons. The summed E-state index contributed by atoms with van der Waals surface area (Å²) < 4.78 is 0. The van der Waals surface area contributed by atoms with Gasteiger partial charge in [0.25, 0.3) is 0 Å². The van der Waals surface area contributed by atoms with Crippen molar-refractivity contribution < 1.29 is 19.8 Å². The monoisotopic (exact) mass is 349 g/mol. The highest BCUT2D eigenvalue weighted by Crippen LogP contribution is 2.33. The number of nitrogens with zero attached hydrogens (tertiary/aromatic N) is 2. The molecule has 1 aliphatic heterocycles. The average Bonchev–Trinajstić information content (AvgIpc) is 2.78. The number of carboxylic acids is 1. The van der Waals surface area contributed by atoms with E-state index in [9.17, 15) is 19.8 Å². The standard InChI is InChI=1S/C18H27N3O4/c1-17(2,3)14(15(22)23)12-9-19-16(24)21(12)10-11-7-6-8-13(20-11)18(4,5)25/h6-8,12,14,25H,9-10H2,1-5H3,(H,19,24)(H,22,23)/t12?,14-/m0/s1. The first-order valence-corrected chi connectivity index (χ1v) is 8.37. The summed E-state index contributed by atoms with van der Waals surface area (Å²) in [4.78, 5) is 30.0. The molecule has 25 heavy (non-hydrogen) atoms. The van der Waals surface area contributed by atoms with Gasteiger partial charge < -0.3 is 20.4 Å². The molecule has 2 atom stereocenters. The van der Waals surface area contributed by atoms with E-state index < -0.39 is 28.9 Å². The first-order valence-electron chi connectivity index (χ1n) is 8.37. The van der Waals surface area contributed by atoms with Crippen LogP contribution in [-0.4, -0.2) is 44.7 Å². The van der Waals surface area contributed by atoms with Crippen LogP contribution in [0, 0.1) is 11.3 Å². The fourth-order valence-electron chi connectivity index (χ4n) is 3.24. The van der Waals surface area contributed by atoms with Crippen LogP contribution in [0.1, 0.15) is 46.0 Å². The average molecular weight is 349 g/mol.